The largest absolute Gasteiger partial charge is 0.493 e. The fourth-order valence-electron chi connectivity index (χ4n) is 1.56. The maximum atomic E-state index is 11.1. The molecule has 9 heteroatoms. The highest BCUT2D eigenvalue weighted by molar-refractivity contribution is 7.98. The summed E-state index contributed by atoms with van der Waals surface area (Å²) in [5.41, 5.74) is 5.69. The lowest BCUT2D eigenvalue weighted by Gasteiger charge is -2.11. The Hall–Kier alpha value is -2.00. The van der Waals surface area contributed by atoms with Crippen LogP contribution in [0.2, 0.25) is 0 Å². The van der Waals surface area contributed by atoms with E-state index >= 15 is 0 Å². The van der Waals surface area contributed by atoms with Crippen LogP contribution in [0.4, 0.5) is 5.69 Å². The van der Waals surface area contributed by atoms with Crippen LogP contribution >= 0.6 is 11.8 Å². The molecule has 1 aromatic rings. The summed E-state index contributed by atoms with van der Waals surface area (Å²) in [6.45, 7) is 4.00. The van der Waals surface area contributed by atoms with Gasteiger partial charge >= 0.3 is 5.97 Å². The van der Waals surface area contributed by atoms with E-state index in [1.165, 1.54) is 38.1 Å². The van der Waals surface area contributed by atoms with E-state index in [9.17, 15) is 14.9 Å². The minimum absolute atomic E-state index is 0.107. The average molecular weight is 346 g/mol. The van der Waals surface area contributed by atoms with Gasteiger partial charge in [0, 0.05) is 17.1 Å². The summed E-state index contributed by atoms with van der Waals surface area (Å²) in [5.74, 6) is -0.0656. The number of benzene rings is 1. The fraction of sp³-hybridized carbons (Fsp3) is 0.500. The Kier molecular flexibility index (Phi) is 9.75. The first-order valence-electron chi connectivity index (χ1n) is 6.86. The van der Waals surface area contributed by atoms with Crippen molar-refractivity contribution in [2.75, 3.05) is 20.0 Å². The zero-order chi connectivity index (χ0) is 18.0. The molecule has 0 aliphatic rings. The Balaban J connectivity index is 0.00000232. The second-order valence-electron chi connectivity index (χ2n) is 4.05. The van der Waals surface area contributed by atoms with Gasteiger partial charge in [-0.25, -0.2) is 0 Å². The molecule has 0 saturated carbocycles. The lowest BCUT2D eigenvalue weighted by Crippen LogP contribution is -2.32. The van der Waals surface area contributed by atoms with Gasteiger partial charge in [0.25, 0.3) is 5.69 Å². The highest BCUT2D eigenvalue weighted by Gasteiger charge is 2.20. The molecule has 3 N–H and O–H groups in total. The Morgan fingerprint density at radius 3 is 2.30 bits per heavy atom. The molecule has 130 valence electrons. The number of ether oxygens (including phenoxy) is 2. The number of nitro benzene ring substituents is 1. The predicted octanol–water partition coefficient (Wildman–Crippen LogP) is 2.28. The van der Waals surface area contributed by atoms with Crippen molar-refractivity contribution >= 4 is 23.4 Å². The summed E-state index contributed by atoms with van der Waals surface area (Å²) in [5, 5.41) is 19.8. The molecule has 23 heavy (non-hydrogen) atoms. The number of thioether (sulfide) groups is 1. The number of carboxylic acids is 1. The van der Waals surface area contributed by atoms with Crippen LogP contribution in [0.3, 0.4) is 0 Å². The minimum Gasteiger partial charge on any atom is -0.493 e. The molecule has 0 aromatic heterocycles. The normalized spacial score (nSPS) is 11.0. The summed E-state index contributed by atoms with van der Waals surface area (Å²) >= 11 is 1.20. The summed E-state index contributed by atoms with van der Waals surface area (Å²) in [4.78, 5) is 21.2. The van der Waals surface area contributed by atoms with Crippen molar-refractivity contribution in [2.24, 2.45) is 5.73 Å². The molecule has 1 unspecified atom stereocenters. The molecule has 0 radical (unpaired) electrons. The summed E-state index contributed by atoms with van der Waals surface area (Å²) in [7, 11) is 2.82. The van der Waals surface area contributed by atoms with E-state index in [1.807, 2.05) is 13.8 Å². The quantitative estimate of drug-likeness (QED) is 0.542. The first-order valence-corrected chi connectivity index (χ1v) is 8.01. The maximum absolute atomic E-state index is 11.1. The van der Waals surface area contributed by atoms with Gasteiger partial charge in [-0.05, 0) is 6.07 Å². The van der Waals surface area contributed by atoms with Crippen LogP contribution < -0.4 is 15.2 Å². The van der Waals surface area contributed by atoms with Crippen molar-refractivity contribution in [1.29, 1.82) is 0 Å². The van der Waals surface area contributed by atoms with Gasteiger partial charge in [0.05, 0.1) is 25.2 Å². The fourth-order valence-corrected chi connectivity index (χ4v) is 2.53. The molecule has 0 amide bonds. The van der Waals surface area contributed by atoms with Gasteiger partial charge in [0.15, 0.2) is 11.5 Å². The second-order valence-corrected chi connectivity index (χ2v) is 5.08. The van der Waals surface area contributed by atoms with Crippen molar-refractivity contribution in [3.63, 3.8) is 0 Å². The number of hydrogen-bond acceptors (Lipinski definition) is 7. The zero-order valence-electron chi connectivity index (χ0n) is 13.6. The maximum Gasteiger partial charge on any atom is 0.321 e. The average Bonchev–Trinajstić information content (AvgIpc) is 2.55. The molecule has 0 aliphatic heterocycles. The van der Waals surface area contributed by atoms with E-state index in [0.29, 0.717) is 11.3 Å². The molecule has 0 spiro atoms. The van der Waals surface area contributed by atoms with Crippen LogP contribution in [0, 0.1) is 10.1 Å². The molecule has 0 fully saturated rings. The lowest BCUT2D eigenvalue weighted by molar-refractivity contribution is -0.385. The standard InChI is InChI=1S/C12H16N2O6S.C2H6/c1-19-10-3-7(5-21-6-8(13)12(15)16)9(14(17)18)4-11(10)20-2;1-2/h3-4,8H,5-6,13H2,1-2H3,(H,15,16);1-2H3. The number of methoxy groups -OCH3 is 2. The van der Waals surface area contributed by atoms with Gasteiger partial charge in [-0.1, -0.05) is 13.8 Å². The van der Waals surface area contributed by atoms with E-state index < -0.39 is 16.9 Å². The molecular weight excluding hydrogens is 324 g/mol. The lowest BCUT2D eigenvalue weighted by atomic mass is 10.2. The van der Waals surface area contributed by atoms with Crippen molar-refractivity contribution in [1.82, 2.24) is 0 Å². The Bertz CT molecular complexity index is 538. The highest BCUT2D eigenvalue weighted by atomic mass is 32.2. The van der Waals surface area contributed by atoms with Crippen LogP contribution in [-0.4, -0.2) is 42.0 Å². The Morgan fingerprint density at radius 1 is 1.35 bits per heavy atom. The third kappa shape index (κ3) is 6.33. The molecule has 1 rings (SSSR count). The van der Waals surface area contributed by atoms with Gasteiger partial charge in [-0.3, -0.25) is 14.9 Å². The monoisotopic (exact) mass is 346 g/mol. The van der Waals surface area contributed by atoms with Crippen molar-refractivity contribution in [3.8, 4) is 11.5 Å². The number of nitrogens with zero attached hydrogens (tertiary/aromatic N) is 1. The summed E-state index contributed by atoms with van der Waals surface area (Å²) in [6.07, 6.45) is 0. The first kappa shape index (κ1) is 21.0. The Morgan fingerprint density at radius 2 is 1.87 bits per heavy atom. The van der Waals surface area contributed by atoms with E-state index in [0.717, 1.165) is 0 Å². The smallest absolute Gasteiger partial charge is 0.321 e. The van der Waals surface area contributed by atoms with Crippen LogP contribution in [0.25, 0.3) is 0 Å². The minimum atomic E-state index is -1.11. The highest BCUT2D eigenvalue weighted by Crippen LogP contribution is 2.36. The number of hydrogen-bond donors (Lipinski definition) is 2. The Labute approximate surface area is 139 Å². The molecule has 8 nitrogen and oxygen atoms in total. The van der Waals surface area contributed by atoms with Crippen LogP contribution in [-0.2, 0) is 10.5 Å². The molecule has 0 aliphatic carbocycles. The molecule has 1 aromatic carbocycles. The first-order chi connectivity index (χ1) is 10.9. The predicted molar refractivity (Wildman–Crippen MR) is 89.3 cm³/mol. The SMILES string of the molecule is CC.COc1cc(CSCC(N)C(=O)O)c([N+](=O)[O-])cc1OC. The van der Waals surface area contributed by atoms with Gasteiger partial charge in [-0.2, -0.15) is 11.8 Å². The number of nitrogens with two attached hydrogens (primary N) is 1. The van der Waals surface area contributed by atoms with Crippen LogP contribution in [0.15, 0.2) is 12.1 Å². The topological polar surface area (TPSA) is 125 Å². The molecule has 0 heterocycles. The number of rotatable bonds is 8. The van der Waals surface area contributed by atoms with Crippen LogP contribution in [0.5, 0.6) is 11.5 Å². The summed E-state index contributed by atoms with van der Waals surface area (Å²) in [6, 6.07) is 1.79. The van der Waals surface area contributed by atoms with Crippen molar-refractivity contribution in [2.45, 2.75) is 25.6 Å². The number of carboxylic acid groups (broad SMARTS) is 1. The van der Waals surface area contributed by atoms with E-state index in [2.05, 4.69) is 0 Å². The molecule has 0 bridgehead atoms. The number of nitro groups is 1. The third-order valence-corrected chi connectivity index (χ3v) is 3.76. The van der Waals surface area contributed by atoms with E-state index in [-0.39, 0.29) is 22.9 Å². The second kappa shape index (κ2) is 10.7. The molecular formula is C14H22N2O6S. The van der Waals surface area contributed by atoms with Crippen LogP contribution in [0.1, 0.15) is 19.4 Å². The molecule has 0 saturated heterocycles. The zero-order valence-corrected chi connectivity index (χ0v) is 14.4. The summed E-state index contributed by atoms with van der Waals surface area (Å²) < 4.78 is 10.1. The van der Waals surface area contributed by atoms with E-state index in [4.69, 9.17) is 20.3 Å². The van der Waals surface area contributed by atoms with Crippen molar-refractivity contribution < 1.29 is 24.3 Å². The van der Waals surface area contributed by atoms with Gasteiger partial charge in [0.2, 0.25) is 0 Å². The number of carbonyl (C=O) groups is 1. The third-order valence-electron chi connectivity index (χ3n) is 2.65. The van der Waals surface area contributed by atoms with Gasteiger partial charge < -0.3 is 20.3 Å². The van der Waals surface area contributed by atoms with Gasteiger partial charge in [0.1, 0.15) is 6.04 Å². The van der Waals surface area contributed by atoms with E-state index in [1.54, 1.807) is 0 Å². The van der Waals surface area contributed by atoms with Crippen molar-refractivity contribution in [3.05, 3.63) is 27.8 Å². The van der Waals surface area contributed by atoms with Gasteiger partial charge in [-0.15, -0.1) is 0 Å². The molecule has 1 atom stereocenters. The number of aliphatic carboxylic acids is 1.